The smallest absolute Gasteiger partial charge is 0.143 e. The molecular formula is C21H17Cl4NO. The van der Waals surface area contributed by atoms with Gasteiger partial charge in [-0.05, 0) is 43.3 Å². The van der Waals surface area contributed by atoms with Crippen molar-refractivity contribution in [3.05, 3.63) is 91.4 Å². The monoisotopic (exact) mass is 439 g/mol. The van der Waals surface area contributed by atoms with E-state index >= 15 is 0 Å². The molecule has 0 aliphatic rings. The van der Waals surface area contributed by atoms with Crippen molar-refractivity contribution in [3.63, 3.8) is 0 Å². The zero-order chi connectivity index (χ0) is 19.4. The van der Waals surface area contributed by atoms with Gasteiger partial charge in [0.05, 0.1) is 5.02 Å². The molecule has 3 rings (SSSR count). The first-order chi connectivity index (χ1) is 12.9. The van der Waals surface area contributed by atoms with Crippen LogP contribution in [-0.2, 0) is 13.2 Å². The summed E-state index contributed by atoms with van der Waals surface area (Å²) in [5, 5.41) is 5.49. The minimum atomic E-state index is 0.273. The van der Waals surface area contributed by atoms with E-state index in [4.69, 9.17) is 51.1 Å². The minimum absolute atomic E-state index is 0.273. The van der Waals surface area contributed by atoms with E-state index in [1.807, 2.05) is 43.3 Å². The number of nitrogens with one attached hydrogen (secondary N) is 1. The van der Waals surface area contributed by atoms with Crippen molar-refractivity contribution in [3.8, 4) is 5.75 Å². The highest BCUT2D eigenvalue weighted by Gasteiger charge is 2.12. The van der Waals surface area contributed by atoms with Crippen LogP contribution in [0.15, 0.2) is 54.6 Å². The van der Waals surface area contributed by atoms with E-state index in [2.05, 4.69) is 5.32 Å². The number of ether oxygens (including phenoxy) is 1. The predicted molar refractivity (Wildman–Crippen MR) is 116 cm³/mol. The molecule has 0 saturated carbocycles. The molecule has 0 radical (unpaired) electrons. The lowest BCUT2D eigenvalue weighted by Gasteiger charge is -2.16. The fraction of sp³-hybridized carbons (Fsp3) is 0.143. The summed E-state index contributed by atoms with van der Waals surface area (Å²) in [5.41, 5.74) is 3.89. The molecule has 27 heavy (non-hydrogen) atoms. The van der Waals surface area contributed by atoms with E-state index in [1.165, 1.54) is 5.56 Å². The molecule has 0 aliphatic carbocycles. The van der Waals surface area contributed by atoms with Crippen LogP contribution in [0, 0.1) is 6.92 Å². The minimum Gasteiger partial charge on any atom is -0.487 e. The van der Waals surface area contributed by atoms with Gasteiger partial charge >= 0.3 is 0 Å². The maximum atomic E-state index is 6.38. The highest BCUT2D eigenvalue weighted by atomic mass is 35.5. The number of halogens is 4. The van der Waals surface area contributed by atoms with Gasteiger partial charge in [0.2, 0.25) is 0 Å². The van der Waals surface area contributed by atoms with Gasteiger partial charge in [0.25, 0.3) is 0 Å². The van der Waals surface area contributed by atoms with Gasteiger partial charge in [0.1, 0.15) is 12.4 Å². The molecular weight excluding hydrogens is 424 g/mol. The molecule has 0 atom stereocenters. The van der Waals surface area contributed by atoms with Gasteiger partial charge in [-0.1, -0.05) is 70.2 Å². The van der Waals surface area contributed by atoms with Crippen LogP contribution in [0.25, 0.3) is 0 Å². The first-order valence-corrected chi connectivity index (χ1v) is 9.79. The van der Waals surface area contributed by atoms with Crippen molar-refractivity contribution in [1.29, 1.82) is 0 Å². The highest BCUT2D eigenvalue weighted by molar-refractivity contribution is 6.36. The molecule has 0 fully saturated rings. The van der Waals surface area contributed by atoms with E-state index < -0.39 is 0 Å². The predicted octanol–water partition coefficient (Wildman–Crippen LogP) is 7.80. The molecule has 0 spiro atoms. The average molecular weight is 441 g/mol. The summed E-state index contributed by atoms with van der Waals surface area (Å²) in [5.74, 6) is 0.576. The van der Waals surface area contributed by atoms with E-state index in [-0.39, 0.29) is 6.61 Å². The summed E-state index contributed by atoms with van der Waals surface area (Å²) < 4.78 is 5.98. The molecule has 6 heteroatoms. The van der Waals surface area contributed by atoms with Crippen LogP contribution in [0.2, 0.25) is 20.1 Å². The van der Waals surface area contributed by atoms with Gasteiger partial charge in [-0.3, -0.25) is 0 Å². The van der Waals surface area contributed by atoms with Gasteiger partial charge in [0, 0.05) is 38.4 Å². The van der Waals surface area contributed by atoms with Crippen molar-refractivity contribution in [2.24, 2.45) is 0 Å². The fourth-order valence-electron chi connectivity index (χ4n) is 2.56. The number of hydrogen-bond donors (Lipinski definition) is 1. The molecule has 3 aromatic rings. The van der Waals surface area contributed by atoms with Crippen molar-refractivity contribution in [2.75, 3.05) is 5.32 Å². The van der Waals surface area contributed by atoms with Crippen LogP contribution in [0.4, 0.5) is 5.69 Å². The SMILES string of the molecule is Cc1ccc(NCc2cc(Cl)cc(Cl)c2OCc2ccc(Cl)cc2Cl)cc1. The van der Waals surface area contributed by atoms with Crippen LogP contribution >= 0.6 is 46.4 Å². The number of aryl methyl sites for hydroxylation is 1. The zero-order valence-corrected chi connectivity index (χ0v) is 17.6. The Kier molecular flexibility index (Phi) is 6.78. The molecule has 3 aromatic carbocycles. The Morgan fingerprint density at radius 1 is 0.778 bits per heavy atom. The quantitative estimate of drug-likeness (QED) is 0.422. The molecule has 2 nitrogen and oxygen atoms in total. The highest BCUT2D eigenvalue weighted by Crippen LogP contribution is 2.34. The lowest BCUT2D eigenvalue weighted by atomic mass is 10.1. The van der Waals surface area contributed by atoms with Gasteiger partial charge in [0.15, 0.2) is 0 Å². The lowest BCUT2D eigenvalue weighted by Crippen LogP contribution is -2.05. The van der Waals surface area contributed by atoms with Gasteiger partial charge in [-0.2, -0.15) is 0 Å². The standard InChI is InChI=1S/C21H17Cl4NO/c1-13-2-6-18(7-3-13)26-11-15-8-17(23)10-20(25)21(15)27-12-14-4-5-16(22)9-19(14)24/h2-10,26H,11-12H2,1H3. The second-order valence-electron chi connectivity index (χ2n) is 6.12. The Morgan fingerprint density at radius 3 is 2.19 bits per heavy atom. The van der Waals surface area contributed by atoms with Crippen LogP contribution in [0.3, 0.4) is 0 Å². The molecule has 0 aromatic heterocycles. The maximum Gasteiger partial charge on any atom is 0.143 e. The van der Waals surface area contributed by atoms with E-state index in [9.17, 15) is 0 Å². The third-order valence-corrected chi connectivity index (χ3v) is 5.09. The summed E-state index contributed by atoms with van der Waals surface area (Å²) in [7, 11) is 0. The van der Waals surface area contributed by atoms with Crippen molar-refractivity contribution in [1.82, 2.24) is 0 Å². The molecule has 0 unspecified atom stereocenters. The Balaban J connectivity index is 1.78. The third-order valence-electron chi connectivity index (χ3n) is 4.01. The van der Waals surface area contributed by atoms with Gasteiger partial charge in [-0.25, -0.2) is 0 Å². The Labute approximate surface area is 179 Å². The van der Waals surface area contributed by atoms with Crippen LogP contribution < -0.4 is 10.1 Å². The number of rotatable bonds is 6. The fourth-order valence-corrected chi connectivity index (χ4v) is 3.62. The van der Waals surface area contributed by atoms with E-state index in [0.29, 0.717) is 32.4 Å². The van der Waals surface area contributed by atoms with E-state index in [1.54, 1.807) is 18.2 Å². The first kappa shape index (κ1) is 20.2. The van der Waals surface area contributed by atoms with Crippen molar-refractivity contribution >= 4 is 52.1 Å². The molecule has 1 N–H and O–H groups in total. The summed E-state index contributed by atoms with van der Waals surface area (Å²) in [6, 6.07) is 16.9. The van der Waals surface area contributed by atoms with Gasteiger partial charge in [-0.15, -0.1) is 0 Å². The van der Waals surface area contributed by atoms with Crippen LogP contribution in [0.5, 0.6) is 5.75 Å². The van der Waals surface area contributed by atoms with E-state index in [0.717, 1.165) is 16.8 Å². The maximum absolute atomic E-state index is 6.38. The number of hydrogen-bond acceptors (Lipinski definition) is 2. The summed E-state index contributed by atoms with van der Waals surface area (Å²) in [4.78, 5) is 0. The topological polar surface area (TPSA) is 21.3 Å². The molecule has 140 valence electrons. The molecule has 0 saturated heterocycles. The van der Waals surface area contributed by atoms with Crippen molar-refractivity contribution < 1.29 is 4.74 Å². The van der Waals surface area contributed by atoms with Crippen LogP contribution in [0.1, 0.15) is 16.7 Å². The molecule has 0 bridgehead atoms. The Hall–Kier alpha value is -1.58. The summed E-state index contributed by atoms with van der Waals surface area (Å²) in [6.07, 6.45) is 0. The lowest BCUT2D eigenvalue weighted by molar-refractivity contribution is 0.303. The normalized spacial score (nSPS) is 10.7. The molecule has 0 aliphatic heterocycles. The third kappa shape index (κ3) is 5.46. The number of benzene rings is 3. The zero-order valence-electron chi connectivity index (χ0n) is 14.5. The second kappa shape index (κ2) is 9.07. The molecule has 0 heterocycles. The Morgan fingerprint density at radius 2 is 1.48 bits per heavy atom. The largest absolute Gasteiger partial charge is 0.487 e. The average Bonchev–Trinajstić information content (AvgIpc) is 2.61. The first-order valence-electron chi connectivity index (χ1n) is 8.27. The van der Waals surface area contributed by atoms with Crippen LogP contribution in [-0.4, -0.2) is 0 Å². The number of anilines is 1. The summed E-state index contributed by atoms with van der Waals surface area (Å²) >= 11 is 24.7. The van der Waals surface area contributed by atoms with Gasteiger partial charge < -0.3 is 10.1 Å². The molecule has 0 amide bonds. The second-order valence-corrected chi connectivity index (χ2v) is 7.81. The van der Waals surface area contributed by atoms with Crippen molar-refractivity contribution in [2.45, 2.75) is 20.1 Å². The Bertz CT molecular complexity index is 942. The summed E-state index contributed by atoms with van der Waals surface area (Å²) in [6.45, 7) is 2.84.